The van der Waals surface area contributed by atoms with Crippen LogP contribution < -0.4 is 5.32 Å². The molecule has 1 aromatic heterocycles. The molecule has 31 heavy (non-hydrogen) atoms. The highest BCUT2D eigenvalue weighted by Crippen LogP contribution is 2.35. The molecule has 1 amide bonds. The normalized spacial score (nSPS) is 10.8. The predicted molar refractivity (Wildman–Crippen MR) is 127 cm³/mol. The molecular formula is C26H24N2O2S. The first-order valence-electron chi connectivity index (χ1n) is 10.1. The lowest BCUT2D eigenvalue weighted by Crippen LogP contribution is -2.15. The molecule has 3 aromatic carbocycles. The van der Waals surface area contributed by atoms with E-state index in [1.54, 1.807) is 0 Å². The van der Waals surface area contributed by atoms with E-state index in [0.717, 1.165) is 33.6 Å². The van der Waals surface area contributed by atoms with Gasteiger partial charge in [-0.3, -0.25) is 4.79 Å². The van der Waals surface area contributed by atoms with E-state index in [-0.39, 0.29) is 11.7 Å². The molecule has 0 aliphatic carbocycles. The van der Waals surface area contributed by atoms with Crippen LogP contribution in [0.1, 0.15) is 16.7 Å². The molecule has 0 saturated carbocycles. The van der Waals surface area contributed by atoms with Crippen LogP contribution in [0.15, 0.2) is 82.4 Å². The fourth-order valence-electron chi connectivity index (χ4n) is 3.62. The number of carbonyl (C=O) groups excluding carboxylic acids is 1. The van der Waals surface area contributed by atoms with Gasteiger partial charge in [-0.05, 0) is 31.9 Å². The van der Waals surface area contributed by atoms with Gasteiger partial charge in [0, 0.05) is 16.8 Å². The zero-order valence-electron chi connectivity index (χ0n) is 17.8. The van der Waals surface area contributed by atoms with E-state index in [1.165, 1.54) is 17.3 Å². The molecule has 5 heteroatoms. The Labute approximate surface area is 186 Å². The Morgan fingerprint density at radius 2 is 1.48 bits per heavy atom. The van der Waals surface area contributed by atoms with E-state index in [0.29, 0.717) is 11.0 Å². The van der Waals surface area contributed by atoms with E-state index < -0.39 is 0 Å². The maximum absolute atomic E-state index is 12.6. The zero-order valence-corrected chi connectivity index (χ0v) is 18.6. The second-order valence-electron chi connectivity index (χ2n) is 7.50. The molecule has 1 N–H and O–H groups in total. The number of carbonyl (C=O) groups is 1. The van der Waals surface area contributed by atoms with Crippen LogP contribution in [-0.2, 0) is 4.79 Å². The summed E-state index contributed by atoms with van der Waals surface area (Å²) in [5, 5.41) is 3.51. The number of hydrogen-bond donors (Lipinski definition) is 1. The second kappa shape index (κ2) is 9.23. The van der Waals surface area contributed by atoms with Gasteiger partial charge in [0.2, 0.25) is 5.91 Å². The maximum atomic E-state index is 12.6. The number of oxazole rings is 1. The summed E-state index contributed by atoms with van der Waals surface area (Å²) >= 11 is 1.30. The molecule has 4 nitrogen and oxygen atoms in total. The highest BCUT2D eigenvalue weighted by atomic mass is 32.2. The van der Waals surface area contributed by atoms with Gasteiger partial charge in [0.15, 0.2) is 5.76 Å². The van der Waals surface area contributed by atoms with Gasteiger partial charge in [-0.15, -0.1) is 0 Å². The topological polar surface area (TPSA) is 55.1 Å². The van der Waals surface area contributed by atoms with Crippen molar-refractivity contribution in [3.63, 3.8) is 0 Å². The number of benzene rings is 3. The van der Waals surface area contributed by atoms with E-state index in [2.05, 4.69) is 24.4 Å². The number of anilines is 1. The Hall–Kier alpha value is -3.31. The zero-order chi connectivity index (χ0) is 21.8. The van der Waals surface area contributed by atoms with Gasteiger partial charge >= 0.3 is 0 Å². The number of hydrogen-bond acceptors (Lipinski definition) is 4. The Kier molecular flexibility index (Phi) is 6.23. The van der Waals surface area contributed by atoms with Crippen molar-refractivity contribution in [2.24, 2.45) is 0 Å². The van der Waals surface area contributed by atoms with Crippen LogP contribution in [0, 0.1) is 20.8 Å². The molecule has 4 aromatic rings. The van der Waals surface area contributed by atoms with Crippen LogP contribution in [-0.4, -0.2) is 16.6 Å². The van der Waals surface area contributed by atoms with Gasteiger partial charge in [0.25, 0.3) is 5.22 Å². The molecule has 0 atom stereocenters. The fraction of sp³-hybridized carbons (Fsp3) is 0.154. The third-order valence-electron chi connectivity index (χ3n) is 4.96. The number of aromatic nitrogens is 1. The van der Waals surface area contributed by atoms with E-state index >= 15 is 0 Å². The number of amides is 1. The molecule has 0 spiro atoms. The minimum Gasteiger partial charge on any atom is -0.431 e. The minimum atomic E-state index is -0.0826. The van der Waals surface area contributed by atoms with Crippen LogP contribution in [0.3, 0.4) is 0 Å². The Bertz CT molecular complexity index is 1120. The summed E-state index contributed by atoms with van der Waals surface area (Å²) in [7, 11) is 0. The van der Waals surface area contributed by atoms with Crippen molar-refractivity contribution in [2.75, 3.05) is 11.1 Å². The van der Waals surface area contributed by atoms with Gasteiger partial charge in [-0.25, -0.2) is 4.98 Å². The first-order valence-corrected chi connectivity index (χ1v) is 11.1. The van der Waals surface area contributed by atoms with Crippen LogP contribution in [0.2, 0.25) is 0 Å². The minimum absolute atomic E-state index is 0.0826. The van der Waals surface area contributed by atoms with Crippen molar-refractivity contribution in [2.45, 2.75) is 26.0 Å². The van der Waals surface area contributed by atoms with E-state index in [1.807, 2.05) is 74.5 Å². The smallest absolute Gasteiger partial charge is 0.257 e. The third-order valence-corrected chi connectivity index (χ3v) is 5.79. The Morgan fingerprint density at radius 1 is 0.903 bits per heavy atom. The summed E-state index contributed by atoms with van der Waals surface area (Å²) in [6, 6.07) is 24.0. The lowest BCUT2D eigenvalue weighted by atomic mass is 10.1. The van der Waals surface area contributed by atoms with Gasteiger partial charge in [-0.2, -0.15) is 0 Å². The standard InChI is InChI=1S/C26H24N2O2S/c1-17-14-18(2)23(19(3)15-17)27-22(29)16-31-26-28-24(20-10-6-4-7-11-20)25(30-26)21-12-8-5-9-13-21/h4-15H,16H2,1-3H3,(H,27,29). The molecule has 0 fully saturated rings. The van der Waals surface area contributed by atoms with Crippen molar-refractivity contribution >= 4 is 23.4 Å². The molecule has 0 radical (unpaired) electrons. The summed E-state index contributed by atoms with van der Waals surface area (Å²) in [5.41, 5.74) is 6.89. The Morgan fingerprint density at radius 3 is 2.10 bits per heavy atom. The van der Waals surface area contributed by atoms with Crippen molar-refractivity contribution in [3.8, 4) is 22.6 Å². The number of nitrogens with zero attached hydrogens (tertiary/aromatic N) is 1. The number of thioether (sulfide) groups is 1. The highest BCUT2D eigenvalue weighted by Gasteiger charge is 2.18. The van der Waals surface area contributed by atoms with Crippen LogP contribution in [0.5, 0.6) is 0 Å². The number of rotatable bonds is 6. The van der Waals surface area contributed by atoms with Gasteiger partial charge in [0.1, 0.15) is 5.69 Å². The lowest BCUT2D eigenvalue weighted by molar-refractivity contribution is -0.113. The quantitative estimate of drug-likeness (QED) is 0.349. The number of aryl methyl sites for hydroxylation is 3. The van der Waals surface area contributed by atoms with Crippen molar-refractivity contribution < 1.29 is 9.21 Å². The molecule has 0 bridgehead atoms. The van der Waals surface area contributed by atoms with E-state index in [4.69, 9.17) is 9.40 Å². The summed E-state index contributed by atoms with van der Waals surface area (Å²) in [6.45, 7) is 6.07. The highest BCUT2D eigenvalue weighted by molar-refractivity contribution is 7.99. The first kappa shape index (κ1) is 20.9. The van der Waals surface area contributed by atoms with Crippen molar-refractivity contribution in [1.29, 1.82) is 0 Å². The predicted octanol–water partition coefficient (Wildman–Crippen LogP) is 6.66. The lowest BCUT2D eigenvalue weighted by Gasteiger charge is -2.12. The third kappa shape index (κ3) is 4.89. The largest absolute Gasteiger partial charge is 0.431 e. The molecule has 0 saturated heterocycles. The molecule has 1 heterocycles. The van der Waals surface area contributed by atoms with Crippen LogP contribution >= 0.6 is 11.8 Å². The summed E-state index contributed by atoms with van der Waals surface area (Å²) in [4.78, 5) is 17.3. The molecule has 4 rings (SSSR count). The van der Waals surface area contributed by atoms with Crippen LogP contribution in [0.25, 0.3) is 22.6 Å². The summed E-state index contributed by atoms with van der Waals surface area (Å²) < 4.78 is 6.09. The Balaban J connectivity index is 1.54. The molecule has 0 aliphatic heterocycles. The molecule has 0 aliphatic rings. The second-order valence-corrected chi connectivity index (χ2v) is 8.43. The fourth-order valence-corrected chi connectivity index (χ4v) is 4.24. The molecular weight excluding hydrogens is 404 g/mol. The average molecular weight is 429 g/mol. The molecule has 156 valence electrons. The average Bonchev–Trinajstić information content (AvgIpc) is 3.20. The monoisotopic (exact) mass is 428 g/mol. The van der Waals surface area contributed by atoms with Crippen molar-refractivity contribution in [1.82, 2.24) is 4.98 Å². The van der Waals surface area contributed by atoms with Gasteiger partial charge in [-0.1, -0.05) is 90.1 Å². The van der Waals surface area contributed by atoms with Gasteiger partial charge < -0.3 is 9.73 Å². The summed E-state index contributed by atoms with van der Waals surface area (Å²) in [6.07, 6.45) is 0. The molecule has 0 unspecified atom stereocenters. The van der Waals surface area contributed by atoms with Gasteiger partial charge in [0.05, 0.1) is 5.75 Å². The van der Waals surface area contributed by atoms with Crippen molar-refractivity contribution in [3.05, 3.63) is 89.5 Å². The first-order chi connectivity index (χ1) is 15.0. The maximum Gasteiger partial charge on any atom is 0.257 e. The summed E-state index contributed by atoms with van der Waals surface area (Å²) in [5.74, 6) is 0.844. The number of nitrogens with one attached hydrogen (secondary N) is 1. The van der Waals surface area contributed by atoms with E-state index in [9.17, 15) is 4.79 Å². The van der Waals surface area contributed by atoms with Crippen LogP contribution in [0.4, 0.5) is 5.69 Å². The SMILES string of the molecule is Cc1cc(C)c(NC(=O)CSc2nc(-c3ccccc3)c(-c3ccccc3)o2)c(C)c1.